The third-order valence-corrected chi connectivity index (χ3v) is 6.20. The van der Waals surface area contributed by atoms with Crippen LogP contribution < -0.4 is 5.56 Å². The molecule has 4 aromatic rings. The van der Waals surface area contributed by atoms with Crippen LogP contribution in [0.1, 0.15) is 5.56 Å². The highest BCUT2D eigenvalue weighted by atomic mass is 35.5. The molecule has 4 rings (SSSR count). The fourth-order valence-corrected chi connectivity index (χ4v) is 4.38. The van der Waals surface area contributed by atoms with Gasteiger partial charge in [-0.2, -0.15) is 0 Å². The Bertz CT molecular complexity index is 1390. The van der Waals surface area contributed by atoms with E-state index in [2.05, 4.69) is 4.98 Å². The van der Waals surface area contributed by atoms with E-state index in [1.165, 1.54) is 39.8 Å². The number of fused-ring (bicyclic) bond motifs is 1. The molecule has 3 aromatic carbocycles. The first-order chi connectivity index (χ1) is 15.8. The Hall–Kier alpha value is -3.23. The molecule has 1 heterocycles. The van der Waals surface area contributed by atoms with Gasteiger partial charge in [0.2, 0.25) is 5.91 Å². The molecule has 0 spiro atoms. The number of para-hydroxylation sites is 1. The molecule has 0 aliphatic rings. The Morgan fingerprint density at radius 2 is 1.82 bits per heavy atom. The maximum atomic E-state index is 13.7. The monoisotopic (exact) mass is 485 g/mol. The zero-order chi connectivity index (χ0) is 23.5. The summed E-state index contributed by atoms with van der Waals surface area (Å²) in [6, 6.07) is 16.7. The van der Waals surface area contributed by atoms with E-state index in [1.807, 2.05) is 0 Å². The molecule has 1 amide bonds. The number of hydrogen-bond donors (Lipinski definition) is 0. The topological polar surface area (TPSA) is 55.2 Å². The molecule has 0 bridgehead atoms. The van der Waals surface area contributed by atoms with Crippen LogP contribution in [0.15, 0.2) is 76.7 Å². The molecule has 0 atom stereocenters. The van der Waals surface area contributed by atoms with Crippen LogP contribution in [0.5, 0.6) is 0 Å². The largest absolute Gasteiger partial charge is 0.341 e. The zero-order valence-corrected chi connectivity index (χ0v) is 19.0. The van der Waals surface area contributed by atoms with E-state index in [-0.39, 0.29) is 33.2 Å². The fourth-order valence-electron chi connectivity index (χ4n) is 3.25. The second-order valence-corrected chi connectivity index (χ2v) is 8.67. The predicted molar refractivity (Wildman–Crippen MR) is 126 cm³/mol. The van der Waals surface area contributed by atoms with Gasteiger partial charge in [-0.25, -0.2) is 13.8 Å². The standard InChI is InChI=1S/C24H18ClF2N3O2S/c1-29(13-15-6-8-16(26)9-7-15)22(31)14-33-24-28-21-5-3-2-4-18(21)23(32)30(24)17-10-11-20(27)19(25)12-17/h2-12H,13-14H2,1H3. The van der Waals surface area contributed by atoms with Gasteiger partial charge in [0.15, 0.2) is 5.16 Å². The molecule has 0 saturated carbocycles. The molecule has 0 radical (unpaired) electrons. The third-order valence-electron chi connectivity index (χ3n) is 4.99. The Morgan fingerprint density at radius 1 is 1.09 bits per heavy atom. The van der Waals surface area contributed by atoms with Gasteiger partial charge >= 0.3 is 0 Å². The van der Waals surface area contributed by atoms with Crippen LogP contribution in [0.4, 0.5) is 8.78 Å². The van der Waals surface area contributed by atoms with Crippen molar-refractivity contribution in [3.05, 3.63) is 99.3 Å². The number of aromatic nitrogens is 2. The number of hydrogen-bond acceptors (Lipinski definition) is 4. The van der Waals surface area contributed by atoms with Crippen molar-refractivity contribution >= 4 is 40.2 Å². The summed E-state index contributed by atoms with van der Waals surface area (Å²) in [4.78, 5) is 32.0. The molecule has 0 fully saturated rings. The van der Waals surface area contributed by atoms with Gasteiger partial charge in [0.25, 0.3) is 5.56 Å². The molecule has 5 nitrogen and oxygen atoms in total. The van der Waals surface area contributed by atoms with E-state index in [0.717, 1.165) is 17.3 Å². The number of carbonyl (C=O) groups excluding carboxylic acids is 1. The van der Waals surface area contributed by atoms with Gasteiger partial charge in [0.05, 0.1) is 27.4 Å². The first kappa shape index (κ1) is 22.9. The van der Waals surface area contributed by atoms with E-state index < -0.39 is 5.82 Å². The number of halogens is 3. The van der Waals surface area contributed by atoms with E-state index in [1.54, 1.807) is 43.4 Å². The zero-order valence-electron chi connectivity index (χ0n) is 17.5. The number of nitrogens with zero attached hydrogens (tertiary/aromatic N) is 3. The van der Waals surface area contributed by atoms with Crippen molar-refractivity contribution in [2.75, 3.05) is 12.8 Å². The highest BCUT2D eigenvalue weighted by Gasteiger charge is 2.17. The Balaban J connectivity index is 1.63. The van der Waals surface area contributed by atoms with Crippen molar-refractivity contribution in [2.45, 2.75) is 11.7 Å². The minimum Gasteiger partial charge on any atom is -0.341 e. The van der Waals surface area contributed by atoms with Crippen LogP contribution in [0, 0.1) is 11.6 Å². The molecule has 168 valence electrons. The molecule has 9 heteroatoms. The smallest absolute Gasteiger partial charge is 0.266 e. The lowest BCUT2D eigenvalue weighted by atomic mass is 10.2. The summed E-state index contributed by atoms with van der Waals surface area (Å²) in [5.41, 5.74) is 1.28. The molecule has 0 aliphatic heterocycles. The maximum Gasteiger partial charge on any atom is 0.266 e. The van der Waals surface area contributed by atoms with E-state index >= 15 is 0 Å². The first-order valence-corrected chi connectivity index (χ1v) is 11.3. The molecule has 1 aromatic heterocycles. The predicted octanol–water partition coefficient (Wildman–Crippen LogP) is 5.07. The van der Waals surface area contributed by atoms with Crippen molar-refractivity contribution in [3.63, 3.8) is 0 Å². The second-order valence-electron chi connectivity index (χ2n) is 7.32. The average Bonchev–Trinajstić information content (AvgIpc) is 2.81. The molecule has 0 saturated heterocycles. The van der Waals surface area contributed by atoms with Gasteiger partial charge < -0.3 is 4.90 Å². The van der Waals surface area contributed by atoms with E-state index in [0.29, 0.717) is 23.1 Å². The Labute approximate surface area is 197 Å². The van der Waals surface area contributed by atoms with E-state index in [9.17, 15) is 18.4 Å². The molecular formula is C24H18ClF2N3O2S. The molecular weight excluding hydrogens is 468 g/mol. The van der Waals surface area contributed by atoms with Crippen molar-refractivity contribution < 1.29 is 13.6 Å². The summed E-state index contributed by atoms with van der Waals surface area (Å²) in [5, 5.41) is 0.547. The highest BCUT2D eigenvalue weighted by Crippen LogP contribution is 2.24. The van der Waals surface area contributed by atoms with Crippen LogP contribution in [0.25, 0.3) is 16.6 Å². The molecule has 0 unspecified atom stereocenters. The lowest BCUT2D eigenvalue weighted by Gasteiger charge is -2.18. The van der Waals surface area contributed by atoms with Crippen LogP contribution in [-0.2, 0) is 11.3 Å². The van der Waals surface area contributed by atoms with Gasteiger partial charge in [0.1, 0.15) is 11.6 Å². The second kappa shape index (κ2) is 9.72. The van der Waals surface area contributed by atoms with Crippen molar-refractivity contribution in [1.29, 1.82) is 0 Å². The van der Waals surface area contributed by atoms with E-state index in [4.69, 9.17) is 11.6 Å². The summed E-state index contributed by atoms with van der Waals surface area (Å²) in [7, 11) is 1.65. The summed E-state index contributed by atoms with van der Waals surface area (Å²) < 4.78 is 28.1. The average molecular weight is 486 g/mol. The van der Waals surface area contributed by atoms with Crippen LogP contribution in [0.3, 0.4) is 0 Å². The summed E-state index contributed by atoms with van der Waals surface area (Å²) in [6.45, 7) is 0.311. The minimum absolute atomic E-state index is 0.0113. The number of rotatable bonds is 6. The quantitative estimate of drug-likeness (QED) is 0.283. The molecule has 33 heavy (non-hydrogen) atoms. The summed E-state index contributed by atoms with van der Waals surface area (Å²) in [5.74, 6) is -1.13. The van der Waals surface area contributed by atoms with Crippen molar-refractivity contribution in [2.24, 2.45) is 0 Å². The molecule has 0 N–H and O–H groups in total. The minimum atomic E-state index is -0.603. The van der Waals surface area contributed by atoms with Gasteiger partial charge in [-0.15, -0.1) is 0 Å². The Kier molecular flexibility index (Phi) is 6.76. The van der Waals surface area contributed by atoms with Gasteiger partial charge in [-0.05, 0) is 48.0 Å². The maximum absolute atomic E-state index is 13.7. The van der Waals surface area contributed by atoms with Crippen molar-refractivity contribution in [3.8, 4) is 5.69 Å². The normalized spacial score (nSPS) is 11.0. The molecule has 0 aliphatic carbocycles. The van der Waals surface area contributed by atoms with Gasteiger partial charge in [0, 0.05) is 13.6 Å². The number of thioether (sulfide) groups is 1. The summed E-state index contributed by atoms with van der Waals surface area (Å²) >= 11 is 7.03. The fraction of sp³-hybridized carbons (Fsp3) is 0.125. The number of amides is 1. The van der Waals surface area contributed by atoms with Crippen molar-refractivity contribution in [1.82, 2.24) is 14.5 Å². The van der Waals surface area contributed by atoms with Crippen LogP contribution in [-0.4, -0.2) is 33.2 Å². The third kappa shape index (κ3) is 5.07. The lowest BCUT2D eigenvalue weighted by Crippen LogP contribution is -2.28. The van der Waals surface area contributed by atoms with Crippen LogP contribution >= 0.6 is 23.4 Å². The van der Waals surface area contributed by atoms with Gasteiger partial charge in [-0.3, -0.25) is 14.2 Å². The lowest BCUT2D eigenvalue weighted by molar-refractivity contribution is -0.127. The Morgan fingerprint density at radius 3 is 2.55 bits per heavy atom. The van der Waals surface area contributed by atoms with Crippen LogP contribution in [0.2, 0.25) is 5.02 Å². The summed E-state index contributed by atoms with van der Waals surface area (Å²) in [6.07, 6.45) is 0. The highest BCUT2D eigenvalue weighted by molar-refractivity contribution is 7.99. The number of carbonyl (C=O) groups is 1. The first-order valence-electron chi connectivity index (χ1n) is 9.92. The SMILES string of the molecule is CN(Cc1ccc(F)cc1)C(=O)CSc1nc2ccccc2c(=O)n1-c1ccc(F)c(Cl)c1. The number of benzene rings is 3. The van der Waals surface area contributed by atoms with Gasteiger partial charge in [-0.1, -0.05) is 47.6 Å².